The monoisotopic (exact) mass is 454 g/mol. The molecule has 1 fully saturated rings. The average Bonchev–Trinajstić information content (AvgIpc) is 2.95. The Morgan fingerprint density at radius 3 is 2.43 bits per heavy atom. The lowest BCUT2D eigenvalue weighted by Crippen LogP contribution is -2.37. The molecule has 3 rings (SSSR count). The van der Waals surface area contributed by atoms with Gasteiger partial charge in [-0.3, -0.25) is 4.79 Å². The summed E-state index contributed by atoms with van der Waals surface area (Å²) in [5, 5.41) is 0.421. The second-order valence-electron chi connectivity index (χ2n) is 7.31. The van der Waals surface area contributed by atoms with Crippen molar-refractivity contribution in [2.24, 2.45) is 0 Å². The van der Waals surface area contributed by atoms with Crippen molar-refractivity contribution in [3.8, 4) is 5.75 Å². The number of halogens is 2. The van der Waals surface area contributed by atoms with Crippen LogP contribution in [0, 0.1) is 5.82 Å². The molecule has 2 aromatic carbocycles. The molecule has 2 aromatic rings. The number of nitrogens with zero attached hydrogens (tertiary/aromatic N) is 2. The fraction of sp³-hybridized carbons (Fsp3) is 0.381. The molecule has 9 heteroatoms. The summed E-state index contributed by atoms with van der Waals surface area (Å²) >= 11 is 6.09. The fourth-order valence-electron chi connectivity index (χ4n) is 3.29. The lowest BCUT2D eigenvalue weighted by atomic mass is 10.1. The first-order valence-corrected chi connectivity index (χ1v) is 11.5. The number of rotatable bonds is 5. The number of carbonyl (C=O) groups excluding carboxylic acids is 1. The lowest BCUT2D eigenvalue weighted by molar-refractivity contribution is 0.0758. The van der Waals surface area contributed by atoms with Crippen LogP contribution in [0.4, 0.5) is 4.39 Å². The van der Waals surface area contributed by atoms with Crippen LogP contribution in [-0.2, 0) is 10.0 Å². The Balaban J connectivity index is 1.78. The molecule has 0 saturated carbocycles. The molecule has 0 bridgehead atoms. The van der Waals surface area contributed by atoms with Gasteiger partial charge in [0.15, 0.2) is 0 Å². The maximum Gasteiger partial charge on any atom is 0.257 e. The van der Waals surface area contributed by atoms with E-state index in [9.17, 15) is 17.6 Å². The molecule has 0 spiro atoms. The molecule has 1 amide bonds. The van der Waals surface area contributed by atoms with Gasteiger partial charge in [-0.1, -0.05) is 11.6 Å². The van der Waals surface area contributed by atoms with Crippen molar-refractivity contribution in [1.82, 2.24) is 9.21 Å². The fourth-order valence-corrected chi connectivity index (χ4v) is 4.93. The van der Waals surface area contributed by atoms with Crippen LogP contribution in [0.25, 0.3) is 0 Å². The van der Waals surface area contributed by atoms with Crippen molar-refractivity contribution >= 4 is 27.5 Å². The Labute approximate surface area is 181 Å². The molecule has 162 valence electrons. The maximum absolute atomic E-state index is 13.2. The van der Waals surface area contributed by atoms with E-state index in [4.69, 9.17) is 16.3 Å². The van der Waals surface area contributed by atoms with Gasteiger partial charge in [0, 0.05) is 31.2 Å². The van der Waals surface area contributed by atoms with Gasteiger partial charge < -0.3 is 9.64 Å². The minimum atomic E-state index is -3.76. The van der Waals surface area contributed by atoms with Gasteiger partial charge in [0.25, 0.3) is 5.91 Å². The second-order valence-corrected chi connectivity index (χ2v) is 9.69. The molecule has 1 saturated heterocycles. The van der Waals surface area contributed by atoms with Gasteiger partial charge in [0.2, 0.25) is 10.0 Å². The van der Waals surface area contributed by atoms with E-state index >= 15 is 0 Å². The van der Waals surface area contributed by atoms with Gasteiger partial charge in [-0.2, -0.15) is 4.31 Å². The number of sulfonamides is 1. The van der Waals surface area contributed by atoms with Gasteiger partial charge in [-0.05, 0) is 62.7 Å². The van der Waals surface area contributed by atoms with Crippen LogP contribution in [0.15, 0.2) is 47.4 Å². The Morgan fingerprint density at radius 1 is 1.07 bits per heavy atom. The third-order valence-electron chi connectivity index (χ3n) is 4.73. The van der Waals surface area contributed by atoms with E-state index in [-0.39, 0.29) is 36.5 Å². The summed E-state index contributed by atoms with van der Waals surface area (Å²) in [6.45, 7) is 4.79. The number of ether oxygens (including phenoxy) is 1. The quantitative estimate of drug-likeness (QED) is 0.689. The van der Waals surface area contributed by atoms with Crippen LogP contribution >= 0.6 is 11.6 Å². The van der Waals surface area contributed by atoms with E-state index in [2.05, 4.69) is 0 Å². The van der Waals surface area contributed by atoms with Crippen molar-refractivity contribution < 1.29 is 22.3 Å². The van der Waals surface area contributed by atoms with Crippen LogP contribution in [0.5, 0.6) is 5.75 Å². The van der Waals surface area contributed by atoms with E-state index < -0.39 is 15.8 Å². The van der Waals surface area contributed by atoms with Crippen molar-refractivity contribution in [3.63, 3.8) is 0 Å². The number of hydrogen-bond acceptors (Lipinski definition) is 4. The van der Waals surface area contributed by atoms with Gasteiger partial charge >= 0.3 is 0 Å². The highest BCUT2D eigenvalue weighted by Gasteiger charge is 2.29. The number of hydrogen-bond donors (Lipinski definition) is 0. The zero-order valence-electron chi connectivity index (χ0n) is 16.8. The van der Waals surface area contributed by atoms with Crippen molar-refractivity contribution in [2.45, 2.75) is 31.3 Å². The van der Waals surface area contributed by atoms with Crippen LogP contribution in [0.1, 0.15) is 30.6 Å². The first kappa shape index (κ1) is 22.5. The molecule has 0 N–H and O–H groups in total. The third-order valence-corrected chi connectivity index (χ3v) is 6.88. The highest BCUT2D eigenvalue weighted by Crippen LogP contribution is 2.26. The van der Waals surface area contributed by atoms with Crippen LogP contribution in [-0.4, -0.2) is 55.8 Å². The van der Waals surface area contributed by atoms with Crippen molar-refractivity contribution in [1.29, 1.82) is 0 Å². The molecular weight excluding hydrogens is 431 g/mol. The lowest BCUT2D eigenvalue weighted by Gasteiger charge is -2.23. The molecule has 1 aliphatic rings. The predicted octanol–water partition coefficient (Wildman–Crippen LogP) is 3.80. The summed E-state index contributed by atoms with van der Waals surface area (Å²) in [5.41, 5.74) is 0.353. The van der Waals surface area contributed by atoms with Gasteiger partial charge in [-0.25, -0.2) is 12.8 Å². The largest absolute Gasteiger partial charge is 0.490 e. The van der Waals surface area contributed by atoms with E-state index in [0.29, 0.717) is 29.3 Å². The molecule has 0 radical (unpaired) electrons. The first-order chi connectivity index (χ1) is 14.2. The summed E-state index contributed by atoms with van der Waals surface area (Å²) in [6, 6.07) is 9.64. The summed E-state index contributed by atoms with van der Waals surface area (Å²) in [4.78, 5) is 14.8. The smallest absolute Gasteiger partial charge is 0.257 e. The van der Waals surface area contributed by atoms with Gasteiger partial charge in [-0.15, -0.1) is 0 Å². The normalized spacial score (nSPS) is 15.8. The number of benzene rings is 2. The minimum absolute atomic E-state index is 0.0335. The van der Waals surface area contributed by atoms with Crippen LogP contribution in [0.2, 0.25) is 5.02 Å². The summed E-state index contributed by atoms with van der Waals surface area (Å²) in [6.07, 6.45) is 0.366. The van der Waals surface area contributed by atoms with Gasteiger partial charge in [0.05, 0.1) is 16.6 Å². The Kier molecular flexibility index (Phi) is 7.00. The second kappa shape index (κ2) is 9.32. The maximum atomic E-state index is 13.2. The summed E-state index contributed by atoms with van der Waals surface area (Å²) in [7, 11) is -3.76. The van der Waals surface area contributed by atoms with Crippen molar-refractivity contribution in [2.75, 3.05) is 26.2 Å². The summed E-state index contributed by atoms with van der Waals surface area (Å²) in [5.74, 6) is -0.309. The first-order valence-electron chi connectivity index (χ1n) is 9.69. The molecule has 6 nitrogen and oxygen atoms in total. The molecule has 1 aliphatic heterocycles. The van der Waals surface area contributed by atoms with E-state index in [0.717, 1.165) is 12.1 Å². The molecule has 0 aromatic heterocycles. The van der Waals surface area contributed by atoms with E-state index in [1.165, 1.54) is 16.4 Å². The molecule has 0 unspecified atom stereocenters. The highest BCUT2D eigenvalue weighted by atomic mass is 35.5. The molecule has 0 atom stereocenters. The highest BCUT2D eigenvalue weighted by molar-refractivity contribution is 7.89. The molecule has 30 heavy (non-hydrogen) atoms. The van der Waals surface area contributed by atoms with Crippen molar-refractivity contribution in [3.05, 3.63) is 58.9 Å². The van der Waals surface area contributed by atoms with E-state index in [1.54, 1.807) is 23.1 Å². The molecule has 0 aliphatic carbocycles. The number of carbonyl (C=O) groups is 1. The third kappa shape index (κ3) is 5.11. The zero-order valence-corrected chi connectivity index (χ0v) is 18.4. The predicted molar refractivity (Wildman–Crippen MR) is 113 cm³/mol. The molecule has 1 heterocycles. The van der Waals surface area contributed by atoms with Gasteiger partial charge in [0.1, 0.15) is 11.6 Å². The topological polar surface area (TPSA) is 66.9 Å². The average molecular weight is 455 g/mol. The Morgan fingerprint density at radius 2 is 1.77 bits per heavy atom. The minimum Gasteiger partial charge on any atom is -0.490 e. The zero-order chi connectivity index (χ0) is 21.9. The van der Waals surface area contributed by atoms with E-state index in [1.807, 2.05) is 13.8 Å². The van der Waals surface area contributed by atoms with Crippen LogP contribution in [0.3, 0.4) is 0 Å². The standard InChI is InChI=1S/C21H24ClFN2O4S/c1-15(2)29-20-9-4-16(22)14-19(20)21(26)24-10-3-11-25(13-12-24)30(27,28)18-7-5-17(23)6-8-18/h4-9,14-15H,3,10-13H2,1-2H3. The number of amides is 1. The summed E-state index contributed by atoms with van der Waals surface area (Å²) < 4.78 is 46.0. The Bertz CT molecular complexity index is 1010. The SMILES string of the molecule is CC(C)Oc1ccc(Cl)cc1C(=O)N1CCCN(S(=O)(=O)c2ccc(F)cc2)CC1. The van der Waals surface area contributed by atoms with Crippen LogP contribution < -0.4 is 4.74 Å². The Hall–Kier alpha value is -2.16. The molecular formula is C21H24ClFN2O4S.